The molecule has 0 aliphatic carbocycles. The van der Waals surface area contributed by atoms with Crippen molar-refractivity contribution in [2.24, 2.45) is 0 Å². The van der Waals surface area contributed by atoms with Gasteiger partial charge in [0.1, 0.15) is 5.54 Å². The van der Waals surface area contributed by atoms with Crippen molar-refractivity contribution >= 4 is 28.9 Å². The average Bonchev–Trinajstić information content (AvgIpc) is 3.42. The van der Waals surface area contributed by atoms with Crippen molar-refractivity contribution < 1.29 is 27.6 Å². The lowest BCUT2D eigenvalue weighted by molar-refractivity contribution is -0.122. The molecule has 194 valence electrons. The van der Waals surface area contributed by atoms with Crippen LogP contribution < -0.4 is 10.6 Å². The fraction of sp³-hybridized carbons (Fsp3) is 0.138. The molecule has 0 radical (unpaired) electrons. The molecular weight excluding hydrogens is 513 g/mol. The number of halogens is 3. The van der Waals surface area contributed by atoms with Crippen LogP contribution in [0.3, 0.4) is 0 Å². The van der Waals surface area contributed by atoms with Crippen LogP contribution in [0.5, 0.6) is 0 Å². The lowest BCUT2D eigenvalue weighted by atomic mass is 9.77. The Bertz CT molecular complexity index is 1310. The largest absolute Gasteiger partial charge is 0.455 e. The van der Waals surface area contributed by atoms with E-state index in [1.54, 1.807) is 0 Å². The lowest BCUT2D eigenvalue weighted by Gasteiger charge is -2.37. The molecule has 3 aromatic carbocycles. The molecule has 0 fully saturated rings. The number of nitrogens with one attached hydrogen (secondary N) is 2. The van der Waals surface area contributed by atoms with E-state index < -0.39 is 28.3 Å². The maximum Gasteiger partial charge on any atom is 0.455 e. The molecule has 0 aliphatic heterocycles. The SMILES string of the molecule is O=C(CCNC(=O)c1ccc(C(=O)C(F)(F)F)s1)NC(c1ccccc1)(c1ccccc1)c1ccccc1. The van der Waals surface area contributed by atoms with Crippen LogP contribution in [-0.2, 0) is 10.3 Å². The number of alkyl halides is 3. The van der Waals surface area contributed by atoms with Crippen LogP contribution in [0.15, 0.2) is 103 Å². The maximum atomic E-state index is 13.3. The third kappa shape index (κ3) is 5.84. The number of carbonyl (C=O) groups is 3. The first-order valence-corrected chi connectivity index (χ1v) is 12.5. The van der Waals surface area contributed by atoms with Crippen molar-refractivity contribution in [2.45, 2.75) is 18.1 Å². The van der Waals surface area contributed by atoms with E-state index in [0.29, 0.717) is 11.3 Å². The number of rotatable bonds is 9. The number of ketones is 1. The van der Waals surface area contributed by atoms with E-state index in [1.165, 1.54) is 0 Å². The number of thiophene rings is 1. The summed E-state index contributed by atoms with van der Waals surface area (Å²) in [6, 6.07) is 30.7. The van der Waals surface area contributed by atoms with Gasteiger partial charge < -0.3 is 10.6 Å². The first-order chi connectivity index (χ1) is 18.2. The van der Waals surface area contributed by atoms with Gasteiger partial charge in [-0.2, -0.15) is 13.2 Å². The van der Waals surface area contributed by atoms with Crippen LogP contribution in [-0.4, -0.2) is 30.3 Å². The fourth-order valence-corrected chi connectivity index (χ4v) is 5.03. The molecule has 9 heteroatoms. The average molecular weight is 537 g/mol. The first kappa shape index (κ1) is 26.8. The zero-order chi connectivity index (χ0) is 27.2. The summed E-state index contributed by atoms with van der Waals surface area (Å²) in [6.07, 6.45) is -5.10. The van der Waals surface area contributed by atoms with Gasteiger partial charge in [-0.3, -0.25) is 14.4 Å². The zero-order valence-electron chi connectivity index (χ0n) is 20.0. The van der Waals surface area contributed by atoms with Gasteiger partial charge >= 0.3 is 6.18 Å². The Hall–Kier alpha value is -4.24. The van der Waals surface area contributed by atoms with Crippen LogP contribution >= 0.6 is 11.3 Å². The summed E-state index contributed by atoms with van der Waals surface area (Å²) >= 11 is 0.455. The summed E-state index contributed by atoms with van der Waals surface area (Å²) in [5, 5.41) is 5.72. The Morgan fingerprint density at radius 1 is 0.658 bits per heavy atom. The van der Waals surface area contributed by atoms with E-state index in [1.807, 2.05) is 91.0 Å². The van der Waals surface area contributed by atoms with E-state index in [-0.39, 0.29) is 23.7 Å². The Kier molecular flexibility index (Phi) is 8.07. The first-order valence-electron chi connectivity index (χ1n) is 11.7. The third-order valence-corrected chi connectivity index (χ3v) is 6.98. The Morgan fingerprint density at radius 2 is 1.11 bits per heavy atom. The molecule has 0 unspecified atom stereocenters. The topological polar surface area (TPSA) is 75.3 Å². The molecule has 0 spiro atoms. The van der Waals surface area contributed by atoms with Gasteiger partial charge in [0.2, 0.25) is 5.91 Å². The molecule has 5 nitrogen and oxygen atoms in total. The molecule has 38 heavy (non-hydrogen) atoms. The number of Topliss-reactive ketones (excluding diaryl/α,β-unsaturated/α-hetero) is 1. The highest BCUT2D eigenvalue weighted by molar-refractivity contribution is 7.16. The van der Waals surface area contributed by atoms with E-state index in [4.69, 9.17) is 0 Å². The van der Waals surface area contributed by atoms with Crippen LogP contribution in [0.2, 0.25) is 0 Å². The van der Waals surface area contributed by atoms with Gasteiger partial charge in [-0.05, 0) is 28.8 Å². The molecule has 1 aromatic heterocycles. The summed E-state index contributed by atoms with van der Waals surface area (Å²) in [5.41, 5.74) is 1.52. The molecule has 0 saturated heterocycles. The number of carbonyl (C=O) groups excluding carboxylic acids is 3. The van der Waals surface area contributed by atoms with Gasteiger partial charge in [0.15, 0.2) is 0 Å². The van der Waals surface area contributed by atoms with Gasteiger partial charge in [0.05, 0.1) is 9.75 Å². The minimum absolute atomic E-state index is 0.0507. The second kappa shape index (κ2) is 11.4. The molecule has 1 heterocycles. The number of hydrogen-bond donors (Lipinski definition) is 2. The fourth-order valence-electron chi connectivity index (χ4n) is 4.15. The molecule has 4 aromatic rings. The summed E-state index contributed by atoms with van der Waals surface area (Å²) in [5.74, 6) is -3.01. The molecule has 0 atom stereocenters. The van der Waals surface area contributed by atoms with Crippen LogP contribution in [0.4, 0.5) is 13.2 Å². The Morgan fingerprint density at radius 3 is 1.55 bits per heavy atom. The van der Waals surface area contributed by atoms with Gasteiger partial charge in [-0.15, -0.1) is 11.3 Å². The highest BCUT2D eigenvalue weighted by atomic mass is 32.1. The molecule has 0 saturated carbocycles. The van der Waals surface area contributed by atoms with E-state index in [2.05, 4.69) is 10.6 Å². The van der Waals surface area contributed by atoms with Crippen LogP contribution in [0.1, 0.15) is 42.5 Å². The van der Waals surface area contributed by atoms with Crippen molar-refractivity contribution in [1.29, 1.82) is 0 Å². The van der Waals surface area contributed by atoms with Crippen molar-refractivity contribution in [3.05, 3.63) is 130 Å². The normalized spacial score (nSPS) is 11.6. The third-order valence-electron chi connectivity index (χ3n) is 5.90. The summed E-state index contributed by atoms with van der Waals surface area (Å²) < 4.78 is 38.0. The highest BCUT2D eigenvalue weighted by Crippen LogP contribution is 2.36. The highest BCUT2D eigenvalue weighted by Gasteiger charge is 2.40. The summed E-state index contributed by atoms with van der Waals surface area (Å²) in [7, 11) is 0. The van der Waals surface area contributed by atoms with Crippen LogP contribution in [0, 0.1) is 0 Å². The number of benzene rings is 3. The van der Waals surface area contributed by atoms with Gasteiger partial charge in [-0.25, -0.2) is 0 Å². The van der Waals surface area contributed by atoms with Crippen LogP contribution in [0.25, 0.3) is 0 Å². The smallest absolute Gasteiger partial charge is 0.351 e. The van der Waals surface area contributed by atoms with Gasteiger partial charge in [0.25, 0.3) is 11.7 Å². The van der Waals surface area contributed by atoms with Gasteiger partial charge in [0, 0.05) is 13.0 Å². The number of hydrogen-bond acceptors (Lipinski definition) is 4. The molecular formula is C29H23F3N2O3S. The predicted octanol–water partition coefficient (Wildman–Crippen LogP) is 5.72. The lowest BCUT2D eigenvalue weighted by Crippen LogP contribution is -2.48. The molecule has 2 N–H and O–H groups in total. The van der Waals surface area contributed by atoms with Crippen molar-refractivity contribution in [3.63, 3.8) is 0 Å². The second-order valence-electron chi connectivity index (χ2n) is 8.39. The Balaban J connectivity index is 1.52. The minimum atomic E-state index is -5.01. The maximum absolute atomic E-state index is 13.3. The van der Waals surface area contributed by atoms with E-state index >= 15 is 0 Å². The molecule has 0 aliphatic rings. The van der Waals surface area contributed by atoms with Crippen molar-refractivity contribution in [2.75, 3.05) is 6.54 Å². The standard InChI is InChI=1S/C29H23F3N2O3S/c30-29(31,32)26(36)23-16-17-24(38-23)27(37)33-19-18-25(35)34-28(20-10-4-1-5-11-20,21-12-6-2-7-13-21)22-14-8-3-9-15-22/h1-17H,18-19H2,(H,33,37)(H,34,35). The summed E-state index contributed by atoms with van der Waals surface area (Å²) in [4.78, 5) is 36.5. The Labute approximate surface area is 221 Å². The molecule has 0 bridgehead atoms. The summed E-state index contributed by atoms with van der Waals surface area (Å²) in [6.45, 7) is -0.0560. The van der Waals surface area contributed by atoms with Gasteiger partial charge in [-0.1, -0.05) is 91.0 Å². The zero-order valence-corrected chi connectivity index (χ0v) is 20.8. The monoisotopic (exact) mass is 536 g/mol. The quantitative estimate of drug-likeness (QED) is 0.212. The second-order valence-corrected chi connectivity index (χ2v) is 9.48. The predicted molar refractivity (Wildman–Crippen MR) is 139 cm³/mol. The minimum Gasteiger partial charge on any atom is -0.351 e. The van der Waals surface area contributed by atoms with E-state index in [9.17, 15) is 27.6 Å². The van der Waals surface area contributed by atoms with E-state index in [0.717, 1.165) is 28.8 Å². The molecule has 2 amide bonds. The number of amides is 2. The van der Waals surface area contributed by atoms with Crippen molar-refractivity contribution in [3.8, 4) is 0 Å². The van der Waals surface area contributed by atoms with Crippen molar-refractivity contribution in [1.82, 2.24) is 10.6 Å². The molecule has 4 rings (SSSR count).